The normalized spacial score (nSPS) is 15.7. The average molecular weight is 516 g/mol. The van der Waals surface area contributed by atoms with Gasteiger partial charge in [0.15, 0.2) is 6.10 Å². The highest BCUT2D eigenvalue weighted by atomic mass is 28.3. The molecular weight excluding hydrogens is 476 g/mol. The first kappa shape index (κ1) is 27.1. The maximum absolute atomic E-state index is 13.2. The van der Waals surface area contributed by atoms with Gasteiger partial charge < -0.3 is 19.0 Å². The average Bonchev–Trinajstić information content (AvgIpc) is 2.91. The number of benzene rings is 3. The molecule has 6 heteroatoms. The summed E-state index contributed by atoms with van der Waals surface area (Å²) in [7, 11) is 1.93. The summed E-state index contributed by atoms with van der Waals surface area (Å²) in [6.07, 6.45) is -0.791. The molecule has 1 aliphatic rings. The number of methoxy groups -OCH3 is 1. The zero-order chi connectivity index (χ0) is 26.4. The van der Waals surface area contributed by atoms with Crippen LogP contribution in [0.15, 0.2) is 84.9 Å². The van der Waals surface area contributed by atoms with Crippen LogP contribution in [0.4, 0.5) is 5.69 Å². The molecule has 0 N–H and O–H groups in total. The lowest BCUT2D eigenvalue weighted by atomic mass is 10.0. The summed E-state index contributed by atoms with van der Waals surface area (Å²) in [5.41, 5.74) is 4.41. The molecule has 1 unspecified atom stereocenters. The summed E-state index contributed by atoms with van der Waals surface area (Å²) in [5, 5.41) is -0.164. The zero-order valence-electron chi connectivity index (χ0n) is 22.7. The third-order valence-electron chi connectivity index (χ3n) is 6.97. The summed E-state index contributed by atoms with van der Waals surface area (Å²) in [6.45, 7) is 10.6. The molecule has 0 spiro atoms. The number of nitrogens with zero attached hydrogens (tertiary/aromatic N) is 2. The van der Waals surface area contributed by atoms with Gasteiger partial charge in [-0.25, -0.2) is 4.79 Å². The SMILES string of the molecule is COC(=O)C(O[Si](C(c1ccccc1)c1ccccc1)C(C)(C)C)c1cccc(N2CCN(C)CC2)c1. The molecule has 0 aliphatic carbocycles. The minimum Gasteiger partial charge on any atom is -0.467 e. The molecule has 0 amide bonds. The summed E-state index contributed by atoms with van der Waals surface area (Å²) >= 11 is 0. The molecule has 0 saturated carbocycles. The van der Waals surface area contributed by atoms with Crippen molar-refractivity contribution in [2.24, 2.45) is 0 Å². The van der Waals surface area contributed by atoms with Crippen molar-refractivity contribution in [2.75, 3.05) is 45.2 Å². The number of ether oxygens (including phenoxy) is 1. The van der Waals surface area contributed by atoms with E-state index in [2.05, 4.69) is 98.3 Å². The molecule has 1 atom stereocenters. The third kappa shape index (κ3) is 6.69. The van der Waals surface area contributed by atoms with Gasteiger partial charge in [0.2, 0.25) is 9.04 Å². The van der Waals surface area contributed by atoms with Gasteiger partial charge in [0.25, 0.3) is 0 Å². The van der Waals surface area contributed by atoms with Crippen molar-refractivity contribution in [1.29, 1.82) is 0 Å². The molecule has 37 heavy (non-hydrogen) atoms. The molecule has 1 aliphatic heterocycles. The van der Waals surface area contributed by atoms with Crippen LogP contribution in [0.3, 0.4) is 0 Å². The molecule has 1 saturated heterocycles. The summed E-state index contributed by atoms with van der Waals surface area (Å²) in [5.74, 6) is -0.359. The van der Waals surface area contributed by atoms with Crippen LogP contribution in [0, 0.1) is 0 Å². The van der Waals surface area contributed by atoms with Gasteiger partial charge in [-0.1, -0.05) is 93.6 Å². The van der Waals surface area contributed by atoms with Crippen molar-refractivity contribution in [3.05, 3.63) is 102 Å². The van der Waals surface area contributed by atoms with Crippen LogP contribution in [-0.4, -0.2) is 60.2 Å². The van der Waals surface area contributed by atoms with Crippen LogP contribution in [0.2, 0.25) is 5.04 Å². The van der Waals surface area contributed by atoms with Gasteiger partial charge in [0.05, 0.1) is 7.11 Å². The fourth-order valence-corrected chi connectivity index (χ4v) is 7.73. The molecule has 1 heterocycles. The Hall–Kier alpha value is -2.93. The molecule has 1 fully saturated rings. The number of anilines is 1. The first-order valence-electron chi connectivity index (χ1n) is 13.0. The van der Waals surface area contributed by atoms with E-state index in [1.165, 1.54) is 18.2 Å². The van der Waals surface area contributed by atoms with E-state index in [-0.39, 0.29) is 16.5 Å². The standard InChI is InChI=1S/C31H39N2O3Si/c1-31(2,3)37(29(24-13-8-6-9-14-24)25-15-10-7-11-16-25)36-28(30(34)35-5)26-17-12-18-27(23-26)33-21-19-32(4)20-22-33/h6-18,23,28-29H,19-22H2,1-5H3. The van der Waals surface area contributed by atoms with Crippen molar-refractivity contribution in [2.45, 2.75) is 37.5 Å². The van der Waals surface area contributed by atoms with Crippen LogP contribution in [-0.2, 0) is 14.0 Å². The van der Waals surface area contributed by atoms with Crippen molar-refractivity contribution in [1.82, 2.24) is 4.90 Å². The fourth-order valence-electron chi connectivity index (χ4n) is 4.90. The number of rotatable bonds is 8. The van der Waals surface area contributed by atoms with Gasteiger partial charge in [-0.2, -0.15) is 0 Å². The quantitative estimate of drug-likeness (QED) is 0.279. The zero-order valence-corrected chi connectivity index (χ0v) is 23.7. The molecule has 1 radical (unpaired) electrons. The Labute approximate surface area is 223 Å². The summed E-state index contributed by atoms with van der Waals surface area (Å²) in [6, 6.07) is 29.3. The van der Waals surface area contributed by atoms with E-state index in [0.29, 0.717) is 0 Å². The van der Waals surface area contributed by atoms with E-state index in [1.807, 2.05) is 24.3 Å². The molecule has 4 rings (SSSR count). The van der Waals surface area contributed by atoms with Gasteiger partial charge in [-0.3, -0.25) is 0 Å². The minimum absolute atomic E-state index is 0.0420. The number of piperazine rings is 1. The Morgan fingerprint density at radius 1 is 0.811 bits per heavy atom. The van der Waals surface area contributed by atoms with Crippen LogP contribution in [0.5, 0.6) is 0 Å². The van der Waals surface area contributed by atoms with Crippen molar-refractivity contribution < 1.29 is 14.0 Å². The van der Waals surface area contributed by atoms with Gasteiger partial charge in [0, 0.05) is 37.4 Å². The van der Waals surface area contributed by atoms with Crippen molar-refractivity contribution >= 4 is 20.7 Å². The number of likely N-dealkylation sites (N-methyl/N-ethyl adjacent to an activating group) is 1. The number of carbonyl (C=O) groups excluding carboxylic acids is 1. The third-order valence-corrected chi connectivity index (χ3v) is 10.1. The molecule has 195 valence electrons. The lowest BCUT2D eigenvalue weighted by Gasteiger charge is -2.37. The number of carbonyl (C=O) groups is 1. The fraction of sp³-hybridized carbons (Fsp3) is 0.387. The molecular formula is C31H39N2O3Si. The van der Waals surface area contributed by atoms with Crippen LogP contribution < -0.4 is 4.90 Å². The van der Waals surface area contributed by atoms with Crippen LogP contribution in [0.25, 0.3) is 0 Å². The predicted octanol–water partition coefficient (Wildman–Crippen LogP) is 5.83. The Morgan fingerprint density at radius 2 is 1.35 bits per heavy atom. The molecule has 3 aromatic rings. The van der Waals surface area contributed by atoms with Crippen molar-refractivity contribution in [3.63, 3.8) is 0 Å². The van der Waals surface area contributed by atoms with E-state index in [1.54, 1.807) is 0 Å². The number of esters is 1. The largest absolute Gasteiger partial charge is 0.467 e. The second-order valence-corrected chi connectivity index (χ2v) is 13.8. The Bertz CT molecular complexity index is 1100. The molecule has 5 nitrogen and oxygen atoms in total. The Morgan fingerprint density at radius 3 is 1.86 bits per heavy atom. The molecule has 3 aromatic carbocycles. The van der Waals surface area contributed by atoms with Crippen molar-refractivity contribution in [3.8, 4) is 0 Å². The van der Waals surface area contributed by atoms with E-state index >= 15 is 0 Å². The van der Waals surface area contributed by atoms with Crippen LogP contribution in [0.1, 0.15) is 49.1 Å². The second-order valence-electron chi connectivity index (χ2n) is 10.8. The van der Waals surface area contributed by atoms with Gasteiger partial charge in [-0.05, 0) is 40.9 Å². The highest BCUT2D eigenvalue weighted by Crippen LogP contribution is 2.42. The molecule has 0 aromatic heterocycles. The first-order valence-corrected chi connectivity index (χ1v) is 14.5. The van der Waals surface area contributed by atoms with E-state index in [0.717, 1.165) is 37.4 Å². The Balaban J connectivity index is 1.73. The highest BCUT2D eigenvalue weighted by molar-refractivity contribution is 6.58. The van der Waals surface area contributed by atoms with E-state index < -0.39 is 15.1 Å². The Kier molecular flexibility index (Phi) is 8.85. The van der Waals surface area contributed by atoms with Crippen LogP contribution >= 0.6 is 0 Å². The lowest BCUT2D eigenvalue weighted by molar-refractivity contribution is -0.149. The van der Waals surface area contributed by atoms with Gasteiger partial charge >= 0.3 is 5.97 Å². The first-order chi connectivity index (χ1) is 17.8. The number of hydrogen-bond donors (Lipinski definition) is 0. The van der Waals surface area contributed by atoms with Gasteiger partial charge in [-0.15, -0.1) is 0 Å². The maximum atomic E-state index is 13.2. The topological polar surface area (TPSA) is 42.0 Å². The number of hydrogen-bond acceptors (Lipinski definition) is 5. The smallest absolute Gasteiger partial charge is 0.338 e. The monoisotopic (exact) mass is 515 g/mol. The lowest BCUT2D eigenvalue weighted by Crippen LogP contribution is -2.44. The van der Waals surface area contributed by atoms with Gasteiger partial charge in [0.1, 0.15) is 0 Å². The van der Waals surface area contributed by atoms with E-state index in [4.69, 9.17) is 9.16 Å². The maximum Gasteiger partial charge on any atom is 0.338 e. The summed E-state index contributed by atoms with van der Waals surface area (Å²) < 4.78 is 12.3. The molecule has 0 bridgehead atoms. The van der Waals surface area contributed by atoms with E-state index in [9.17, 15) is 4.79 Å². The summed E-state index contributed by atoms with van der Waals surface area (Å²) in [4.78, 5) is 18.0. The second kappa shape index (κ2) is 12.1. The highest BCUT2D eigenvalue weighted by Gasteiger charge is 2.42. The predicted molar refractivity (Wildman–Crippen MR) is 152 cm³/mol. The minimum atomic E-state index is -1.67.